The summed E-state index contributed by atoms with van der Waals surface area (Å²) in [6.45, 7) is 0. The molecule has 13 nitrogen and oxygen atoms in total. The number of aromatic nitrogens is 5. The number of amides is 1. The minimum Gasteiger partial charge on any atom is -0.493 e. The number of hydroxylamine groups is 1. The average molecular weight is 478 g/mol. The molecule has 5 N–H and O–H groups in total. The molecule has 0 bridgehead atoms. The summed E-state index contributed by atoms with van der Waals surface area (Å²) in [5.41, 5.74) is 4.04. The second kappa shape index (κ2) is 10.4. The van der Waals surface area contributed by atoms with E-state index in [4.69, 9.17) is 19.4 Å². The summed E-state index contributed by atoms with van der Waals surface area (Å²) in [4.78, 5) is 24.1. The zero-order valence-corrected chi connectivity index (χ0v) is 19.0. The van der Waals surface area contributed by atoms with Gasteiger partial charge < -0.3 is 24.8 Å². The predicted molar refractivity (Wildman–Crippen MR) is 126 cm³/mol. The molecule has 2 aromatic carbocycles. The number of nitrogens with zero attached hydrogens (tertiary/aromatic N) is 4. The van der Waals surface area contributed by atoms with Crippen molar-refractivity contribution in [3.05, 3.63) is 54.4 Å². The van der Waals surface area contributed by atoms with Crippen molar-refractivity contribution in [3.63, 3.8) is 0 Å². The molecule has 0 spiro atoms. The van der Waals surface area contributed by atoms with Crippen LogP contribution in [0.15, 0.2) is 48.8 Å². The lowest BCUT2D eigenvalue weighted by atomic mass is 10.1. The number of H-pyrrole nitrogens is 1. The summed E-state index contributed by atoms with van der Waals surface area (Å²) < 4.78 is 16.1. The Morgan fingerprint density at radius 2 is 1.57 bits per heavy atom. The second-order valence-corrected chi connectivity index (χ2v) is 6.98. The Balaban J connectivity index is 1.49. The quantitative estimate of drug-likeness (QED) is 0.177. The Kier molecular flexibility index (Phi) is 6.88. The molecule has 13 heteroatoms. The molecule has 2 aromatic heterocycles. The summed E-state index contributed by atoms with van der Waals surface area (Å²) >= 11 is 0. The van der Waals surface area contributed by atoms with Crippen molar-refractivity contribution in [3.8, 4) is 28.5 Å². The molecule has 0 aliphatic heterocycles. The Bertz CT molecular complexity index is 1300. The Morgan fingerprint density at radius 1 is 0.914 bits per heavy atom. The molecule has 0 aliphatic rings. The van der Waals surface area contributed by atoms with Crippen LogP contribution in [0.2, 0.25) is 0 Å². The molecule has 0 radical (unpaired) electrons. The van der Waals surface area contributed by atoms with Gasteiger partial charge in [-0.05, 0) is 17.7 Å². The van der Waals surface area contributed by atoms with E-state index in [1.807, 2.05) is 0 Å². The van der Waals surface area contributed by atoms with E-state index < -0.39 is 5.91 Å². The van der Waals surface area contributed by atoms with Crippen LogP contribution < -0.4 is 30.3 Å². The topological polar surface area (TPSA) is 168 Å². The summed E-state index contributed by atoms with van der Waals surface area (Å²) in [6, 6.07) is 11.8. The summed E-state index contributed by atoms with van der Waals surface area (Å²) in [5.74, 6) is 1.87. The summed E-state index contributed by atoms with van der Waals surface area (Å²) in [7, 11) is 4.59. The molecule has 35 heavy (non-hydrogen) atoms. The van der Waals surface area contributed by atoms with Crippen LogP contribution in [0.3, 0.4) is 0 Å². The zero-order valence-electron chi connectivity index (χ0n) is 19.0. The van der Waals surface area contributed by atoms with E-state index in [1.165, 1.54) is 27.7 Å². The van der Waals surface area contributed by atoms with Crippen molar-refractivity contribution in [1.29, 1.82) is 0 Å². The van der Waals surface area contributed by atoms with Gasteiger partial charge in [0.05, 0.1) is 27.0 Å². The van der Waals surface area contributed by atoms with Crippen molar-refractivity contribution in [1.82, 2.24) is 30.6 Å². The van der Waals surface area contributed by atoms with Crippen LogP contribution in [-0.4, -0.2) is 57.6 Å². The number of carbonyl (C=O) groups excluding carboxylic acids is 1. The Morgan fingerprint density at radius 3 is 2.17 bits per heavy atom. The normalized spacial score (nSPS) is 10.4. The van der Waals surface area contributed by atoms with Crippen LogP contribution in [-0.2, 0) is 0 Å². The molecule has 0 aliphatic carbocycles. The van der Waals surface area contributed by atoms with Gasteiger partial charge in [-0.15, -0.1) is 0 Å². The molecular formula is C22H22N8O5. The van der Waals surface area contributed by atoms with Crippen LogP contribution >= 0.6 is 0 Å². The van der Waals surface area contributed by atoms with Crippen LogP contribution in [0.25, 0.3) is 11.3 Å². The van der Waals surface area contributed by atoms with Gasteiger partial charge in [-0.2, -0.15) is 10.1 Å². The van der Waals surface area contributed by atoms with Crippen LogP contribution in [0.1, 0.15) is 10.4 Å². The molecule has 0 atom stereocenters. The number of hydrogen-bond donors (Lipinski definition) is 5. The SMILES string of the molecule is COc1cc(Nc2ncnc(Nc3cc(-c4ccc(C(=O)NO)cc4)[nH]n3)n2)cc(OC)c1OC. The monoisotopic (exact) mass is 478 g/mol. The third-order valence-corrected chi connectivity index (χ3v) is 4.87. The van der Waals surface area contributed by atoms with Gasteiger partial charge in [0.15, 0.2) is 17.3 Å². The fourth-order valence-corrected chi connectivity index (χ4v) is 3.21. The summed E-state index contributed by atoms with van der Waals surface area (Å²) in [6.07, 6.45) is 1.36. The number of hydrogen-bond acceptors (Lipinski definition) is 11. The molecule has 1 amide bonds. The van der Waals surface area contributed by atoms with E-state index in [-0.39, 0.29) is 11.9 Å². The molecule has 0 unspecified atom stereocenters. The van der Waals surface area contributed by atoms with Gasteiger partial charge in [-0.3, -0.25) is 15.1 Å². The number of ether oxygens (including phenoxy) is 3. The zero-order chi connectivity index (χ0) is 24.8. The van der Waals surface area contributed by atoms with Gasteiger partial charge in [-0.1, -0.05) is 12.1 Å². The van der Waals surface area contributed by atoms with Crippen LogP contribution in [0.5, 0.6) is 17.2 Å². The largest absolute Gasteiger partial charge is 0.493 e. The minimum absolute atomic E-state index is 0.267. The third-order valence-electron chi connectivity index (χ3n) is 4.87. The highest BCUT2D eigenvalue weighted by Gasteiger charge is 2.14. The number of carbonyl (C=O) groups is 1. The van der Waals surface area contributed by atoms with Crippen molar-refractivity contribution in [2.45, 2.75) is 0 Å². The minimum atomic E-state index is -0.589. The molecule has 0 saturated carbocycles. The van der Waals surface area contributed by atoms with Gasteiger partial charge in [0.25, 0.3) is 5.91 Å². The van der Waals surface area contributed by atoms with Crippen LogP contribution in [0, 0.1) is 0 Å². The second-order valence-electron chi connectivity index (χ2n) is 6.98. The third kappa shape index (κ3) is 5.20. The number of methoxy groups -OCH3 is 3. The van der Waals surface area contributed by atoms with Crippen molar-refractivity contribution in [2.24, 2.45) is 0 Å². The maximum atomic E-state index is 11.5. The number of benzene rings is 2. The van der Waals surface area contributed by atoms with Crippen LogP contribution in [0.4, 0.5) is 23.4 Å². The molecule has 2 heterocycles. The van der Waals surface area contributed by atoms with E-state index in [0.717, 1.165) is 5.56 Å². The smallest absolute Gasteiger partial charge is 0.274 e. The first kappa shape index (κ1) is 23.3. The Labute approximate surface area is 199 Å². The lowest BCUT2D eigenvalue weighted by molar-refractivity contribution is 0.0706. The van der Waals surface area contributed by atoms with Gasteiger partial charge in [0.2, 0.25) is 17.6 Å². The van der Waals surface area contributed by atoms with E-state index in [9.17, 15) is 4.79 Å². The summed E-state index contributed by atoms with van der Waals surface area (Å²) in [5, 5.41) is 21.9. The predicted octanol–water partition coefficient (Wildman–Crippen LogP) is 2.89. The number of nitrogens with one attached hydrogen (secondary N) is 4. The highest BCUT2D eigenvalue weighted by molar-refractivity contribution is 5.93. The molecule has 4 rings (SSSR count). The highest BCUT2D eigenvalue weighted by Crippen LogP contribution is 2.40. The van der Waals surface area contributed by atoms with Crippen molar-refractivity contribution >= 4 is 29.3 Å². The number of aromatic amines is 1. The lowest BCUT2D eigenvalue weighted by Gasteiger charge is -2.14. The van der Waals surface area contributed by atoms with Crippen molar-refractivity contribution in [2.75, 3.05) is 32.0 Å². The fourth-order valence-electron chi connectivity index (χ4n) is 3.21. The van der Waals surface area contributed by atoms with E-state index in [0.29, 0.717) is 40.0 Å². The standard InChI is InChI=1S/C22H22N8O5/c1-33-16-8-14(9-17(34-2)19(16)35-3)25-21-23-11-24-22(27-21)26-18-10-15(28-29-18)12-4-6-13(7-5-12)20(31)30-32/h4-11,32H,1-3H3,(H,30,31)(H3,23,24,25,26,27,28,29). The van der Waals surface area contributed by atoms with E-state index >= 15 is 0 Å². The van der Waals surface area contributed by atoms with Gasteiger partial charge in [0.1, 0.15) is 6.33 Å². The average Bonchev–Trinajstić information content (AvgIpc) is 3.36. The number of rotatable bonds is 9. The van der Waals surface area contributed by atoms with Gasteiger partial charge in [0, 0.05) is 29.4 Å². The van der Waals surface area contributed by atoms with Gasteiger partial charge >= 0.3 is 0 Å². The van der Waals surface area contributed by atoms with E-state index in [2.05, 4.69) is 35.8 Å². The molecule has 0 saturated heterocycles. The first-order chi connectivity index (χ1) is 17.0. The molecular weight excluding hydrogens is 456 g/mol. The highest BCUT2D eigenvalue weighted by atomic mass is 16.5. The molecule has 0 fully saturated rings. The Hall–Kier alpha value is -4.91. The van der Waals surface area contributed by atoms with E-state index in [1.54, 1.807) is 47.9 Å². The molecule has 180 valence electrons. The fraction of sp³-hybridized carbons (Fsp3) is 0.136. The number of anilines is 4. The first-order valence-corrected chi connectivity index (χ1v) is 10.2. The van der Waals surface area contributed by atoms with Crippen molar-refractivity contribution < 1.29 is 24.2 Å². The molecule has 4 aromatic rings. The maximum absolute atomic E-state index is 11.5. The first-order valence-electron chi connectivity index (χ1n) is 10.2. The van der Waals surface area contributed by atoms with Gasteiger partial charge in [-0.25, -0.2) is 15.4 Å². The maximum Gasteiger partial charge on any atom is 0.274 e. The lowest BCUT2D eigenvalue weighted by Crippen LogP contribution is -2.18.